The van der Waals surface area contributed by atoms with E-state index in [-0.39, 0.29) is 0 Å². The van der Waals surface area contributed by atoms with Crippen molar-refractivity contribution in [3.05, 3.63) is 35.4 Å². The summed E-state index contributed by atoms with van der Waals surface area (Å²) in [5.74, 6) is 1.67. The molecule has 2 saturated heterocycles. The minimum absolute atomic E-state index is 0.785. The van der Waals surface area contributed by atoms with Crippen LogP contribution < -0.4 is 5.32 Å². The van der Waals surface area contributed by atoms with Gasteiger partial charge in [0.05, 0.1) is 0 Å². The maximum absolute atomic E-state index is 3.49. The molecule has 0 saturated carbocycles. The third-order valence-corrected chi connectivity index (χ3v) is 5.41. The van der Waals surface area contributed by atoms with E-state index in [0.29, 0.717) is 0 Å². The van der Waals surface area contributed by atoms with Crippen molar-refractivity contribution in [3.8, 4) is 0 Å². The van der Waals surface area contributed by atoms with Gasteiger partial charge >= 0.3 is 0 Å². The molecular formula is C19H30N2. The Kier molecular flexibility index (Phi) is 5.32. The highest BCUT2D eigenvalue weighted by Gasteiger charge is 2.21. The molecule has 2 fully saturated rings. The molecule has 21 heavy (non-hydrogen) atoms. The fraction of sp³-hybridized carbons (Fsp3) is 0.684. The molecule has 0 bridgehead atoms. The van der Waals surface area contributed by atoms with E-state index in [4.69, 9.17) is 0 Å². The van der Waals surface area contributed by atoms with Crippen molar-refractivity contribution in [1.29, 1.82) is 0 Å². The van der Waals surface area contributed by atoms with Crippen LogP contribution in [0.25, 0.3) is 0 Å². The van der Waals surface area contributed by atoms with E-state index in [0.717, 1.165) is 11.8 Å². The minimum atomic E-state index is 0.785. The Balaban J connectivity index is 1.72. The largest absolute Gasteiger partial charge is 0.317 e. The SMILES string of the molecule is CN1CCCC(c2ccccc2CC2CCNCC2)CC1. The van der Waals surface area contributed by atoms with E-state index in [9.17, 15) is 0 Å². The second-order valence-electron chi connectivity index (χ2n) is 7.03. The summed E-state index contributed by atoms with van der Waals surface area (Å²) in [6.07, 6.45) is 8.05. The normalized spacial score (nSPS) is 25.7. The molecule has 2 aliphatic rings. The van der Waals surface area contributed by atoms with Crippen LogP contribution in [0.5, 0.6) is 0 Å². The molecule has 0 amide bonds. The Hall–Kier alpha value is -0.860. The highest BCUT2D eigenvalue weighted by molar-refractivity contribution is 5.31. The summed E-state index contributed by atoms with van der Waals surface area (Å²) in [7, 11) is 2.27. The van der Waals surface area contributed by atoms with Gasteiger partial charge in [0.2, 0.25) is 0 Å². The van der Waals surface area contributed by atoms with Gasteiger partial charge in [-0.25, -0.2) is 0 Å². The van der Waals surface area contributed by atoms with E-state index >= 15 is 0 Å². The standard InChI is InChI=1S/C19H30N2/c1-21-13-4-6-17(10-14-21)19-7-3-2-5-18(19)15-16-8-11-20-12-9-16/h2-3,5,7,16-17,20H,4,6,8-15H2,1H3. The molecule has 1 aromatic rings. The number of hydrogen-bond acceptors (Lipinski definition) is 2. The van der Waals surface area contributed by atoms with Crippen molar-refractivity contribution >= 4 is 0 Å². The molecule has 1 aromatic carbocycles. The van der Waals surface area contributed by atoms with Gasteiger partial charge in [0.1, 0.15) is 0 Å². The Morgan fingerprint density at radius 1 is 1.05 bits per heavy atom. The first kappa shape index (κ1) is 15.1. The lowest BCUT2D eigenvalue weighted by molar-refractivity contribution is 0.347. The second-order valence-corrected chi connectivity index (χ2v) is 7.03. The number of piperidine rings is 1. The Labute approximate surface area is 129 Å². The minimum Gasteiger partial charge on any atom is -0.317 e. The fourth-order valence-corrected chi connectivity index (χ4v) is 4.07. The quantitative estimate of drug-likeness (QED) is 0.916. The first-order valence-electron chi connectivity index (χ1n) is 8.80. The summed E-state index contributed by atoms with van der Waals surface area (Å²) in [6.45, 7) is 4.95. The van der Waals surface area contributed by atoms with Gasteiger partial charge in [0.25, 0.3) is 0 Å². The highest BCUT2D eigenvalue weighted by Crippen LogP contribution is 2.32. The van der Waals surface area contributed by atoms with Crippen LogP contribution in [0.3, 0.4) is 0 Å². The van der Waals surface area contributed by atoms with Crippen LogP contribution >= 0.6 is 0 Å². The summed E-state index contributed by atoms with van der Waals surface area (Å²) in [5, 5.41) is 3.49. The molecule has 0 spiro atoms. The van der Waals surface area contributed by atoms with Gasteiger partial charge in [-0.3, -0.25) is 0 Å². The highest BCUT2D eigenvalue weighted by atomic mass is 15.1. The summed E-state index contributed by atoms with van der Waals surface area (Å²) in [4.78, 5) is 2.50. The van der Waals surface area contributed by atoms with Crippen molar-refractivity contribution < 1.29 is 0 Å². The molecule has 2 heterocycles. The van der Waals surface area contributed by atoms with E-state index in [1.807, 2.05) is 0 Å². The molecule has 2 nitrogen and oxygen atoms in total. The number of rotatable bonds is 3. The number of nitrogens with zero attached hydrogens (tertiary/aromatic N) is 1. The summed E-state index contributed by atoms with van der Waals surface area (Å²) in [5.41, 5.74) is 3.30. The molecule has 0 radical (unpaired) electrons. The Bertz CT molecular complexity index is 437. The molecule has 3 rings (SSSR count). The molecule has 2 heteroatoms. The molecule has 0 aromatic heterocycles. The van der Waals surface area contributed by atoms with Crippen molar-refractivity contribution in [1.82, 2.24) is 10.2 Å². The molecule has 1 N–H and O–H groups in total. The van der Waals surface area contributed by atoms with Crippen molar-refractivity contribution in [3.63, 3.8) is 0 Å². The molecule has 1 unspecified atom stereocenters. The number of benzene rings is 1. The first-order valence-corrected chi connectivity index (χ1v) is 8.80. The fourth-order valence-electron chi connectivity index (χ4n) is 4.07. The second kappa shape index (κ2) is 7.42. The van der Waals surface area contributed by atoms with Gasteiger partial charge in [-0.15, -0.1) is 0 Å². The van der Waals surface area contributed by atoms with E-state index < -0.39 is 0 Å². The monoisotopic (exact) mass is 286 g/mol. The van der Waals surface area contributed by atoms with Gasteiger partial charge < -0.3 is 10.2 Å². The topological polar surface area (TPSA) is 15.3 Å². The van der Waals surface area contributed by atoms with Crippen LogP contribution in [0.2, 0.25) is 0 Å². The van der Waals surface area contributed by atoms with E-state index in [1.54, 1.807) is 11.1 Å². The van der Waals surface area contributed by atoms with Crippen LogP contribution in [0, 0.1) is 5.92 Å². The zero-order valence-corrected chi connectivity index (χ0v) is 13.5. The van der Waals surface area contributed by atoms with Crippen molar-refractivity contribution in [2.24, 2.45) is 5.92 Å². The van der Waals surface area contributed by atoms with Crippen LogP contribution in [0.4, 0.5) is 0 Å². The van der Waals surface area contributed by atoms with Gasteiger partial charge in [-0.05, 0) is 94.7 Å². The maximum Gasteiger partial charge on any atom is -0.00160 e. The van der Waals surface area contributed by atoms with E-state index in [2.05, 4.69) is 41.5 Å². The summed E-state index contributed by atoms with van der Waals surface area (Å²) in [6, 6.07) is 9.29. The summed E-state index contributed by atoms with van der Waals surface area (Å²) >= 11 is 0. The third-order valence-electron chi connectivity index (χ3n) is 5.41. The smallest absolute Gasteiger partial charge is 0.00160 e. The predicted octanol–water partition coefficient (Wildman–Crippen LogP) is 3.43. The third kappa shape index (κ3) is 4.08. The predicted molar refractivity (Wildman–Crippen MR) is 89.8 cm³/mol. The molecule has 1 atom stereocenters. The van der Waals surface area contributed by atoms with Crippen LogP contribution in [-0.4, -0.2) is 38.1 Å². The molecular weight excluding hydrogens is 256 g/mol. The zero-order valence-electron chi connectivity index (χ0n) is 13.5. The average Bonchev–Trinajstić information content (AvgIpc) is 2.74. The lowest BCUT2D eigenvalue weighted by atomic mass is 9.83. The van der Waals surface area contributed by atoms with E-state index in [1.165, 1.54) is 64.7 Å². The van der Waals surface area contributed by atoms with Crippen LogP contribution in [-0.2, 0) is 6.42 Å². The maximum atomic E-state index is 3.49. The molecule has 0 aliphatic carbocycles. The Morgan fingerprint density at radius 2 is 1.86 bits per heavy atom. The van der Waals surface area contributed by atoms with Crippen molar-refractivity contribution in [2.75, 3.05) is 33.2 Å². The van der Waals surface area contributed by atoms with Crippen LogP contribution in [0.15, 0.2) is 24.3 Å². The van der Waals surface area contributed by atoms with Crippen LogP contribution in [0.1, 0.15) is 49.1 Å². The Morgan fingerprint density at radius 3 is 2.71 bits per heavy atom. The van der Waals surface area contributed by atoms with Crippen molar-refractivity contribution in [2.45, 2.75) is 44.4 Å². The van der Waals surface area contributed by atoms with Gasteiger partial charge in [0.15, 0.2) is 0 Å². The van der Waals surface area contributed by atoms with Gasteiger partial charge in [-0.1, -0.05) is 24.3 Å². The number of likely N-dealkylation sites (tertiary alicyclic amines) is 1. The lowest BCUT2D eigenvalue weighted by Gasteiger charge is -2.25. The molecule has 116 valence electrons. The lowest BCUT2D eigenvalue weighted by Crippen LogP contribution is -2.28. The first-order chi connectivity index (χ1) is 10.3. The zero-order chi connectivity index (χ0) is 14.5. The number of hydrogen-bond donors (Lipinski definition) is 1. The summed E-state index contributed by atoms with van der Waals surface area (Å²) < 4.78 is 0. The average molecular weight is 286 g/mol. The molecule has 2 aliphatic heterocycles. The number of nitrogens with one attached hydrogen (secondary N) is 1. The van der Waals surface area contributed by atoms with Gasteiger partial charge in [-0.2, -0.15) is 0 Å². The van der Waals surface area contributed by atoms with Gasteiger partial charge in [0, 0.05) is 0 Å².